The Balaban J connectivity index is 2.27. The van der Waals surface area contributed by atoms with Crippen LogP contribution in [-0.2, 0) is 16.1 Å². The first-order valence-electron chi connectivity index (χ1n) is 7.58. The van der Waals surface area contributed by atoms with Crippen molar-refractivity contribution in [3.63, 3.8) is 0 Å². The molecule has 0 radical (unpaired) electrons. The molecule has 1 atom stereocenters. The molecule has 1 aromatic carbocycles. The molecule has 0 bridgehead atoms. The van der Waals surface area contributed by atoms with Crippen molar-refractivity contribution in [2.75, 3.05) is 13.2 Å². The molecule has 0 aliphatic heterocycles. The van der Waals surface area contributed by atoms with Crippen LogP contribution in [-0.4, -0.2) is 24.6 Å². The second-order valence-corrected chi connectivity index (χ2v) is 6.20. The number of carbonyl (C=O) groups is 1. The first-order chi connectivity index (χ1) is 9.95. The van der Waals surface area contributed by atoms with Gasteiger partial charge in [-0.25, -0.2) is 0 Å². The normalized spacial score (nSPS) is 14.0. The van der Waals surface area contributed by atoms with E-state index in [4.69, 9.17) is 10.5 Å². The zero-order valence-corrected chi connectivity index (χ0v) is 13.4. The number of rotatable bonds is 9. The van der Waals surface area contributed by atoms with Gasteiger partial charge in [-0.1, -0.05) is 44.2 Å². The first-order valence-corrected chi connectivity index (χ1v) is 7.58. The molecule has 1 amide bonds. The number of nitrogens with two attached hydrogens (primary N) is 1. The number of amides is 1. The highest BCUT2D eigenvalue weighted by Crippen LogP contribution is 2.15. The minimum atomic E-state index is -0.329. The largest absolute Gasteiger partial charge is 0.376 e. The van der Waals surface area contributed by atoms with Crippen molar-refractivity contribution in [1.82, 2.24) is 5.32 Å². The van der Waals surface area contributed by atoms with Crippen molar-refractivity contribution in [3.05, 3.63) is 35.9 Å². The van der Waals surface area contributed by atoms with Gasteiger partial charge in [-0.05, 0) is 24.8 Å². The van der Waals surface area contributed by atoms with Crippen LogP contribution in [0.15, 0.2) is 30.3 Å². The molecule has 21 heavy (non-hydrogen) atoms. The van der Waals surface area contributed by atoms with Gasteiger partial charge in [0.25, 0.3) is 0 Å². The Morgan fingerprint density at radius 3 is 2.57 bits per heavy atom. The molecule has 0 aromatic heterocycles. The minimum absolute atomic E-state index is 0.00309. The Labute approximate surface area is 128 Å². The van der Waals surface area contributed by atoms with E-state index in [1.165, 1.54) is 0 Å². The van der Waals surface area contributed by atoms with Gasteiger partial charge in [0.15, 0.2) is 0 Å². The number of hydrogen-bond donors (Lipinski definition) is 2. The van der Waals surface area contributed by atoms with Crippen LogP contribution in [0.3, 0.4) is 0 Å². The number of hydrogen-bond acceptors (Lipinski definition) is 3. The first kappa shape index (κ1) is 17.7. The smallest absolute Gasteiger partial charge is 0.222 e. The van der Waals surface area contributed by atoms with Crippen molar-refractivity contribution in [3.8, 4) is 0 Å². The fourth-order valence-corrected chi connectivity index (χ4v) is 2.41. The molecule has 118 valence electrons. The van der Waals surface area contributed by atoms with Crippen LogP contribution in [0.1, 0.15) is 39.2 Å². The van der Waals surface area contributed by atoms with Gasteiger partial charge in [0.2, 0.25) is 5.91 Å². The van der Waals surface area contributed by atoms with Crippen molar-refractivity contribution >= 4 is 5.91 Å². The van der Waals surface area contributed by atoms with E-state index >= 15 is 0 Å². The molecule has 1 unspecified atom stereocenters. The summed E-state index contributed by atoms with van der Waals surface area (Å²) in [7, 11) is 0. The molecule has 4 nitrogen and oxygen atoms in total. The van der Waals surface area contributed by atoms with Gasteiger partial charge in [0.05, 0.1) is 13.2 Å². The summed E-state index contributed by atoms with van der Waals surface area (Å²) in [6.07, 6.45) is 1.24. The molecule has 0 heterocycles. The van der Waals surface area contributed by atoms with Crippen LogP contribution >= 0.6 is 0 Å². The SMILES string of the molecule is CC(C)CC(C)(CN)NC(=O)CCOCc1ccccc1. The summed E-state index contributed by atoms with van der Waals surface area (Å²) in [6.45, 7) is 7.65. The quantitative estimate of drug-likeness (QED) is 0.687. The van der Waals surface area contributed by atoms with Crippen LogP contribution in [0.2, 0.25) is 0 Å². The average molecular weight is 292 g/mol. The lowest BCUT2D eigenvalue weighted by Crippen LogP contribution is -2.52. The molecule has 0 aliphatic carbocycles. The third kappa shape index (κ3) is 7.25. The summed E-state index contributed by atoms with van der Waals surface area (Å²) in [5, 5.41) is 3.03. The van der Waals surface area contributed by atoms with Crippen LogP contribution < -0.4 is 11.1 Å². The van der Waals surface area contributed by atoms with Gasteiger partial charge < -0.3 is 15.8 Å². The highest BCUT2D eigenvalue weighted by molar-refractivity contribution is 5.76. The van der Waals surface area contributed by atoms with Gasteiger partial charge >= 0.3 is 0 Å². The van der Waals surface area contributed by atoms with E-state index in [1.807, 2.05) is 37.3 Å². The lowest BCUT2D eigenvalue weighted by Gasteiger charge is -2.31. The second-order valence-electron chi connectivity index (χ2n) is 6.20. The van der Waals surface area contributed by atoms with E-state index < -0.39 is 0 Å². The van der Waals surface area contributed by atoms with E-state index in [-0.39, 0.29) is 11.4 Å². The molecular formula is C17H28N2O2. The molecule has 1 rings (SSSR count). The fourth-order valence-electron chi connectivity index (χ4n) is 2.41. The average Bonchev–Trinajstić information content (AvgIpc) is 2.44. The molecule has 0 spiro atoms. The topological polar surface area (TPSA) is 64.3 Å². The van der Waals surface area contributed by atoms with Crippen LogP contribution in [0.4, 0.5) is 0 Å². The van der Waals surface area contributed by atoms with Gasteiger partial charge in [0, 0.05) is 18.5 Å². The third-order valence-electron chi connectivity index (χ3n) is 3.34. The summed E-state index contributed by atoms with van der Waals surface area (Å²) >= 11 is 0. The van der Waals surface area contributed by atoms with Gasteiger partial charge in [-0.2, -0.15) is 0 Å². The van der Waals surface area contributed by atoms with Crippen molar-refractivity contribution in [1.29, 1.82) is 0 Å². The zero-order valence-electron chi connectivity index (χ0n) is 13.4. The maximum atomic E-state index is 12.0. The molecule has 3 N–H and O–H groups in total. The monoisotopic (exact) mass is 292 g/mol. The zero-order chi connectivity index (χ0) is 15.7. The molecular weight excluding hydrogens is 264 g/mol. The maximum Gasteiger partial charge on any atom is 0.222 e. The molecule has 4 heteroatoms. The predicted octanol–water partition coefficient (Wildman–Crippen LogP) is 2.47. The molecule has 0 saturated heterocycles. The number of nitrogens with one attached hydrogen (secondary N) is 1. The summed E-state index contributed by atoms with van der Waals surface area (Å²) in [6, 6.07) is 9.94. The van der Waals surface area contributed by atoms with Crippen molar-refractivity contribution in [2.24, 2.45) is 11.7 Å². The molecule has 0 fully saturated rings. The van der Waals surface area contributed by atoms with Gasteiger partial charge in [0.1, 0.15) is 0 Å². The van der Waals surface area contributed by atoms with Crippen LogP contribution in [0, 0.1) is 5.92 Å². The predicted molar refractivity (Wildman–Crippen MR) is 85.8 cm³/mol. The summed E-state index contributed by atoms with van der Waals surface area (Å²) in [5.41, 5.74) is 6.58. The number of carbonyl (C=O) groups excluding carboxylic acids is 1. The number of benzene rings is 1. The lowest BCUT2D eigenvalue weighted by molar-refractivity contribution is -0.124. The molecule has 0 aliphatic rings. The minimum Gasteiger partial charge on any atom is -0.376 e. The highest BCUT2D eigenvalue weighted by Gasteiger charge is 2.25. The molecule has 0 saturated carbocycles. The van der Waals surface area contributed by atoms with Crippen LogP contribution in [0.5, 0.6) is 0 Å². The number of ether oxygens (including phenoxy) is 1. The van der Waals surface area contributed by atoms with E-state index in [0.29, 0.717) is 32.1 Å². The summed E-state index contributed by atoms with van der Waals surface area (Å²) in [4.78, 5) is 12.0. The highest BCUT2D eigenvalue weighted by atomic mass is 16.5. The van der Waals surface area contributed by atoms with Crippen molar-refractivity contribution in [2.45, 2.75) is 45.8 Å². The Morgan fingerprint density at radius 2 is 2.00 bits per heavy atom. The Bertz CT molecular complexity index is 420. The Morgan fingerprint density at radius 1 is 1.33 bits per heavy atom. The van der Waals surface area contributed by atoms with E-state index in [0.717, 1.165) is 12.0 Å². The fraction of sp³-hybridized carbons (Fsp3) is 0.588. The van der Waals surface area contributed by atoms with Crippen molar-refractivity contribution < 1.29 is 9.53 Å². The second kappa shape index (κ2) is 8.80. The third-order valence-corrected chi connectivity index (χ3v) is 3.34. The molecule has 1 aromatic rings. The van der Waals surface area contributed by atoms with E-state index in [1.54, 1.807) is 0 Å². The van der Waals surface area contributed by atoms with E-state index in [9.17, 15) is 4.79 Å². The lowest BCUT2D eigenvalue weighted by atomic mass is 9.90. The standard InChI is InChI=1S/C17H28N2O2/c1-14(2)11-17(3,13-18)19-16(20)9-10-21-12-15-7-5-4-6-8-15/h4-8,14H,9-13,18H2,1-3H3,(H,19,20). The van der Waals surface area contributed by atoms with E-state index in [2.05, 4.69) is 19.2 Å². The maximum absolute atomic E-state index is 12.0. The summed E-state index contributed by atoms with van der Waals surface area (Å²) in [5.74, 6) is 0.491. The summed E-state index contributed by atoms with van der Waals surface area (Å²) < 4.78 is 5.53. The van der Waals surface area contributed by atoms with Crippen LogP contribution in [0.25, 0.3) is 0 Å². The Kier molecular flexibility index (Phi) is 7.40. The Hall–Kier alpha value is -1.39. The van der Waals surface area contributed by atoms with Gasteiger partial charge in [-0.15, -0.1) is 0 Å². The van der Waals surface area contributed by atoms with Gasteiger partial charge in [-0.3, -0.25) is 4.79 Å².